The Kier molecular flexibility index (Phi) is 4.43. The van der Waals surface area contributed by atoms with E-state index in [0.29, 0.717) is 10.6 Å². The Morgan fingerprint density at radius 1 is 1.47 bits per heavy atom. The fourth-order valence-electron chi connectivity index (χ4n) is 1.84. The van der Waals surface area contributed by atoms with Crippen molar-refractivity contribution in [2.24, 2.45) is 7.05 Å². The average molecular weight is 275 g/mol. The SMILES string of the molecule is Cn1cc(CCCNc2ccc(C#N)c(Cl)c2)cn1. The summed E-state index contributed by atoms with van der Waals surface area (Å²) in [4.78, 5) is 0. The molecule has 1 heterocycles. The molecule has 0 aliphatic rings. The lowest BCUT2D eigenvalue weighted by Crippen LogP contribution is -2.02. The fourth-order valence-corrected chi connectivity index (χ4v) is 2.06. The van der Waals surface area contributed by atoms with Crippen LogP contribution in [0.3, 0.4) is 0 Å². The van der Waals surface area contributed by atoms with Gasteiger partial charge in [0, 0.05) is 25.5 Å². The first-order chi connectivity index (χ1) is 9.19. The second-order valence-electron chi connectivity index (χ2n) is 4.36. The van der Waals surface area contributed by atoms with Crippen LogP contribution < -0.4 is 5.32 Å². The van der Waals surface area contributed by atoms with Crippen molar-refractivity contribution in [1.29, 1.82) is 5.26 Å². The number of hydrogen-bond acceptors (Lipinski definition) is 3. The zero-order chi connectivity index (χ0) is 13.7. The molecule has 0 radical (unpaired) electrons. The van der Waals surface area contributed by atoms with E-state index in [1.807, 2.05) is 36.3 Å². The van der Waals surface area contributed by atoms with Crippen LogP contribution in [0.2, 0.25) is 5.02 Å². The second kappa shape index (κ2) is 6.26. The smallest absolute Gasteiger partial charge is 0.101 e. The van der Waals surface area contributed by atoms with Gasteiger partial charge in [-0.05, 0) is 36.6 Å². The summed E-state index contributed by atoms with van der Waals surface area (Å²) >= 11 is 5.97. The highest BCUT2D eigenvalue weighted by molar-refractivity contribution is 6.32. The molecule has 0 saturated heterocycles. The van der Waals surface area contributed by atoms with Crippen LogP contribution >= 0.6 is 11.6 Å². The Bertz CT molecular complexity index is 598. The lowest BCUT2D eigenvalue weighted by molar-refractivity contribution is 0.766. The molecular formula is C14H15ClN4. The van der Waals surface area contributed by atoms with Gasteiger partial charge in [0.05, 0.1) is 16.8 Å². The molecule has 0 aliphatic carbocycles. The molecule has 0 spiro atoms. The van der Waals surface area contributed by atoms with E-state index in [1.54, 1.807) is 12.1 Å². The van der Waals surface area contributed by atoms with Gasteiger partial charge < -0.3 is 5.32 Å². The Hall–Kier alpha value is -1.99. The largest absolute Gasteiger partial charge is 0.385 e. The number of nitriles is 1. The molecule has 0 amide bonds. The van der Waals surface area contributed by atoms with E-state index in [2.05, 4.69) is 10.4 Å². The maximum Gasteiger partial charge on any atom is 0.101 e. The van der Waals surface area contributed by atoms with Gasteiger partial charge in [-0.3, -0.25) is 4.68 Å². The molecule has 0 bridgehead atoms. The maximum atomic E-state index is 8.79. The molecule has 0 saturated carbocycles. The zero-order valence-corrected chi connectivity index (χ0v) is 11.5. The van der Waals surface area contributed by atoms with E-state index in [9.17, 15) is 0 Å². The number of halogens is 1. The summed E-state index contributed by atoms with van der Waals surface area (Å²) < 4.78 is 1.81. The van der Waals surface area contributed by atoms with Crippen LogP contribution in [0.25, 0.3) is 0 Å². The van der Waals surface area contributed by atoms with Gasteiger partial charge in [0.15, 0.2) is 0 Å². The molecular weight excluding hydrogens is 260 g/mol. The van der Waals surface area contributed by atoms with E-state index in [1.165, 1.54) is 5.56 Å². The third kappa shape index (κ3) is 3.73. The molecule has 2 rings (SSSR count). The molecule has 5 heteroatoms. The van der Waals surface area contributed by atoms with Crippen LogP contribution in [-0.4, -0.2) is 16.3 Å². The van der Waals surface area contributed by atoms with Crippen molar-refractivity contribution in [3.05, 3.63) is 46.7 Å². The number of anilines is 1. The third-order valence-corrected chi connectivity index (χ3v) is 3.13. The van der Waals surface area contributed by atoms with Gasteiger partial charge in [-0.1, -0.05) is 11.6 Å². The van der Waals surface area contributed by atoms with E-state index >= 15 is 0 Å². The Morgan fingerprint density at radius 2 is 2.32 bits per heavy atom. The summed E-state index contributed by atoms with van der Waals surface area (Å²) in [5.74, 6) is 0. The summed E-state index contributed by atoms with van der Waals surface area (Å²) in [6.45, 7) is 0.858. The van der Waals surface area contributed by atoms with Crippen LogP contribution in [0.4, 0.5) is 5.69 Å². The second-order valence-corrected chi connectivity index (χ2v) is 4.77. The van der Waals surface area contributed by atoms with Crippen molar-refractivity contribution in [2.75, 3.05) is 11.9 Å². The summed E-state index contributed by atoms with van der Waals surface area (Å²) in [5, 5.41) is 16.7. The van der Waals surface area contributed by atoms with Crippen LogP contribution in [0.5, 0.6) is 0 Å². The summed E-state index contributed by atoms with van der Waals surface area (Å²) in [6.07, 6.45) is 5.92. The normalized spacial score (nSPS) is 10.2. The number of rotatable bonds is 5. The number of nitrogens with zero attached hydrogens (tertiary/aromatic N) is 3. The highest BCUT2D eigenvalue weighted by Crippen LogP contribution is 2.20. The van der Waals surface area contributed by atoms with Crippen molar-refractivity contribution >= 4 is 17.3 Å². The van der Waals surface area contributed by atoms with E-state index < -0.39 is 0 Å². The van der Waals surface area contributed by atoms with Crippen molar-refractivity contribution in [3.8, 4) is 6.07 Å². The molecule has 1 N–H and O–H groups in total. The van der Waals surface area contributed by atoms with E-state index in [-0.39, 0.29) is 0 Å². The molecule has 0 atom stereocenters. The molecule has 4 nitrogen and oxygen atoms in total. The number of hydrogen-bond donors (Lipinski definition) is 1. The first-order valence-electron chi connectivity index (χ1n) is 6.10. The molecule has 2 aromatic rings. The quantitative estimate of drug-likeness (QED) is 0.853. The maximum absolute atomic E-state index is 8.79. The number of nitrogens with one attached hydrogen (secondary N) is 1. The predicted octanol–water partition coefficient (Wildman–Crippen LogP) is 2.99. The van der Waals surface area contributed by atoms with Gasteiger partial charge in [-0.25, -0.2) is 0 Å². The first kappa shape index (κ1) is 13.4. The van der Waals surface area contributed by atoms with Crippen molar-refractivity contribution in [2.45, 2.75) is 12.8 Å². The standard InChI is InChI=1S/C14H15ClN4/c1-19-10-11(9-18-19)3-2-6-17-13-5-4-12(8-16)14(15)7-13/h4-5,7,9-10,17H,2-3,6H2,1H3. The molecule has 0 fully saturated rings. The molecule has 1 aromatic heterocycles. The topological polar surface area (TPSA) is 53.6 Å². The number of aromatic nitrogens is 2. The van der Waals surface area contributed by atoms with Crippen LogP contribution in [0.15, 0.2) is 30.6 Å². The van der Waals surface area contributed by atoms with Gasteiger partial charge >= 0.3 is 0 Å². The van der Waals surface area contributed by atoms with E-state index in [0.717, 1.165) is 25.1 Å². The highest BCUT2D eigenvalue weighted by Gasteiger charge is 2.01. The Morgan fingerprint density at radius 3 is 2.95 bits per heavy atom. The molecule has 1 aromatic carbocycles. The minimum atomic E-state index is 0.486. The van der Waals surface area contributed by atoms with Gasteiger partial charge in [-0.2, -0.15) is 10.4 Å². The van der Waals surface area contributed by atoms with Gasteiger partial charge in [0.25, 0.3) is 0 Å². The average Bonchev–Trinajstić information content (AvgIpc) is 2.81. The Balaban J connectivity index is 1.80. The molecule has 0 unspecified atom stereocenters. The first-order valence-corrected chi connectivity index (χ1v) is 6.48. The Labute approximate surface area is 117 Å². The zero-order valence-electron chi connectivity index (χ0n) is 10.7. The fraction of sp³-hybridized carbons (Fsp3) is 0.286. The van der Waals surface area contributed by atoms with Crippen LogP contribution in [0.1, 0.15) is 17.5 Å². The minimum absolute atomic E-state index is 0.486. The number of benzene rings is 1. The van der Waals surface area contributed by atoms with Crippen LogP contribution in [0, 0.1) is 11.3 Å². The van der Waals surface area contributed by atoms with Crippen molar-refractivity contribution in [3.63, 3.8) is 0 Å². The van der Waals surface area contributed by atoms with Gasteiger partial charge in [0.1, 0.15) is 6.07 Å². The molecule has 98 valence electrons. The molecule has 19 heavy (non-hydrogen) atoms. The minimum Gasteiger partial charge on any atom is -0.385 e. The summed E-state index contributed by atoms with van der Waals surface area (Å²) in [6, 6.07) is 7.42. The lowest BCUT2D eigenvalue weighted by atomic mass is 10.2. The lowest BCUT2D eigenvalue weighted by Gasteiger charge is -2.06. The molecule has 0 aliphatic heterocycles. The van der Waals surface area contributed by atoms with Gasteiger partial charge in [-0.15, -0.1) is 0 Å². The van der Waals surface area contributed by atoms with Crippen molar-refractivity contribution in [1.82, 2.24) is 9.78 Å². The summed E-state index contributed by atoms with van der Waals surface area (Å²) in [7, 11) is 1.92. The monoisotopic (exact) mass is 274 g/mol. The highest BCUT2D eigenvalue weighted by atomic mass is 35.5. The van der Waals surface area contributed by atoms with E-state index in [4.69, 9.17) is 16.9 Å². The predicted molar refractivity (Wildman–Crippen MR) is 76.2 cm³/mol. The van der Waals surface area contributed by atoms with Crippen LogP contribution in [-0.2, 0) is 13.5 Å². The van der Waals surface area contributed by atoms with Gasteiger partial charge in [0.2, 0.25) is 0 Å². The number of aryl methyl sites for hydroxylation is 2. The third-order valence-electron chi connectivity index (χ3n) is 2.82. The summed E-state index contributed by atoms with van der Waals surface area (Å²) in [5.41, 5.74) is 2.68. The van der Waals surface area contributed by atoms with Crippen molar-refractivity contribution < 1.29 is 0 Å².